The Balaban J connectivity index is 2.14. The number of unbranched alkanes of at least 4 members (excludes halogenated alkanes) is 1. The summed E-state index contributed by atoms with van der Waals surface area (Å²) in [6, 6.07) is 16.7. The number of nitrogens with zero attached hydrogens (tertiary/aromatic N) is 1. The first kappa shape index (κ1) is 21.0. The molecular formula is C23H26N2O3. The maximum absolute atomic E-state index is 12.5. The van der Waals surface area contributed by atoms with Crippen LogP contribution >= 0.6 is 0 Å². The first-order valence-corrected chi connectivity index (χ1v) is 9.37. The molecule has 0 heterocycles. The number of amides is 1. The van der Waals surface area contributed by atoms with Gasteiger partial charge in [0.15, 0.2) is 11.5 Å². The largest absolute Gasteiger partial charge is 0.493 e. The van der Waals surface area contributed by atoms with Gasteiger partial charge in [-0.25, -0.2) is 0 Å². The highest BCUT2D eigenvalue weighted by Gasteiger charge is 2.14. The van der Waals surface area contributed by atoms with Gasteiger partial charge >= 0.3 is 0 Å². The zero-order valence-electron chi connectivity index (χ0n) is 16.6. The SMILES string of the molecule is CCCCOc1ccc(/C=C(\C#N)C(=O)N[C@H](C)c2ccccc2)cc1OC. The van der Waals surface area contributed by atoms with Gasteiger partial charge in [-0.3, -0.25) is 4.79 Å². The summed E-state index contributed by atoms with van der Waals surface area (Å²) >= 11 is 0. The van der Waals surface area contributed by atoms with Crippen molar-refractivity contribution in [3.8, 4) is 17.6 Å². The normalized spacial score (nSPS) is 12.0. The lowest BCUT2D eigenvalue weighted by Gasteiger charge is -2.14. The Morgan fingerprint density at radius 1 is 1.21 bits per heavy atom. The number of carbonyl (C=O) groups is 1. The summed E-state index contributed by atoms with van der Waals surface area (Å²) in [5.41, 5.74) is 1.70. The third-order valence-corrected chi connectivity index (χ3v) is 4.27. The fourth-order valence-corrected chi connectivity index (χ4v) is 2.63. The van der Waals surface area contributed by atoms with Gasteiger partial charge in [-0.05, 0) is 42.7 Å². The highest BCUT2D eigenvalue weighted by Crippen LogP contribution is 2.29. The quantitative estimate of drug-likeness (QED) is 0.391. The predicted octanol–water partition coefficient (Wildman–Crippen LogP) is 4.66. The first-order chi connectivity index (χ1) is 13.6. The van der Waals surface area contributed by atoms with Crippen LogP contribution in [0.3, 0.4) is 0 Å². The molecule has 5 heteroatoms. The van der Waals surface area contributed by atoms with Gasteiger partial charge in [-0.1, -0.05) is 49.7 Å². The predicted molar refractivity (Wildman–Crippen MR) is 110 cm³/mol. The number of benzene rings is 2. The number of methoxy groups -OCH3 is 1. The molecule has 0 aromatic heterocycles. The number of ether oxygens (including phenoxy) is 2. The van der Waals surface area contributed by atoms with E-state index in [1.54, 1.807) is 31.4 Å². The van der Waals surface area contributed by atoms with Crippen molar-refractivity contribution in [3.63, 3.8) is 0 Å². The van der Waals surface area contributed by atoms with Gasteiger partial charge in [0.25, 0.3) is 5.91 Å². The van der Waals surface area contributed by atoms with Crippen molar-refractivity contribution in [2.24, 2.45) is 0 Å². The van der Waals surface area contributed by atoms with Gasteiger partial charge in [0.05, 0.1) is 19.8 Å². The molecule has 0 unspecified atom stereocenters. The first-order valence-electron chi connectivity index (χ1n) is 9.37. The van der Waals surface area contributed by atoms with E-state index in [0.717, 1.165) is 18.4 Å². The van der Waals surface area contributed by atoms with Gasteiger partial charge in [0.2, 0.25) is 0 Å². The second kappa shape index (κ2) is 10.8. The second-order valence-corrected chi connectivity index (χ2v) is 6.39. The molecule has 0 spiro atoms. The molecule has 1 amide bonds. The van der Waals surface area contributed by atoms with E-state index in [1.165, 1.54) is 0 Å². The van der Waals surface area contributed by atoms with Gasteiger partial charge in [-0.15, -0.1) is 0 Å². The third kappa shape index (κ3) is 5.88. The number of carbonyl (C=O) groups excluding carboxylic acids is 1. The van der Waals surface area contributed by atoms with Crippen molar-refractivity contribution < 1.29 is 14.3 Å². The van der Waals surface area contributed by atoms with E-state index in [9.17, 15) is 10.1 Å². The summed E-state index contributed by atoms with van der Waals surface area (Å²) in [6.45, 7) is 4.60. The lowest BCUT2D eigenvalue weighted by atomic mass is 10.1. The molecule has 2 aromatic rings. The van der Waals surface area contributed by atoms with E-state index in [2.05, 4.69) is 12.2 Å². The molecule has 2 rings (SSSR count). The summed E-state index contributed by atoms with van der Waals surface area (Å²) in [5, 5.41) is 12.3. The number of rotatable bonds is 9. The molecule has 0 saturated heterocycles. The lowest BCUT2D eigenvalue weighted by Crippen LogP contribution is -2.27. The van der Waals surface area contributed by atoms with Crippen molar-refractivity contribution in [2.45, 2.75) is 32.7 Å². The van der Waals surface area contributed by atoms with Crippen molar-refractivity contribution in [1.29, 1.82) is 5.26 Å². The van der Waals surface area contributed by atoms with E-state index < -0.39 is 5.91 Å². The molecule has 0 aliphatic rings. The van der Waals surface area contributed by atoms with Gasteiger partial charge in [-0.2, -0.15) is 5.26 Å². The number of hydrogen-bond acceptors (Lipinski definition) is 4. The Morgan fingerprint density at radius 2 is 1.96 bits per heavy atom. The highest BCUT2D eigenvalue weighted by atomic mass is 16.5. The Kier molecular flexibility index (Phi) is 8.11. The molecule has 0 radical (unpaired) electrons. The Labute approximate surface area is 166 Å². The molecule has 0 bridgehead atoms. The minimum Gasteiger partial charge on any atom is -0.493 e. The Morgan fingerprint density at radius 3 is 2.61 bits per heavy atom. The van der Waals surface area contributed by atoms with Crippen LogP contribution in [0.2, 0.25) is 0 Å². The summed E-state index contributed by atoms with van der Waals surface area (Å²) in [5.74, 6) is 0.801. The summed E-state index contributed by atoms with van der Waals surface area (Å²) in [7, 11) is 1.56. The molecule has 0 saturated carbocycles. The smallest absolute Gasteiger partial charge is 0.262 e. The van der Waals surface area contributed by atoms with Crippen LogP contribution in [0, 0.1) is 11.3 Å². The highest BCUT2D eigenvalue weighted by molar-refractivity contribution is 6.01. The summed E-state index contributed by atoms with van der Waals surface area (Å²) < 4.78 is 11.1. The molecule has 0 fully saturated rings. The maximum Gasteiger partial charge on any atom is 0.262 e. The van der Waals surface area contributed by atoms with Crippen molar-refractivity contribution in [1.82, 2.24) is 5.32 Å². The van der Waals surface area contributed by atoms with Crippen LogP contribution < -0.4 is 14.8 Å². The number of hydrogen-bond donors (Lipinski definition) is 1. The van der Waals surface area contributed by atoms with E-state index in [1.807, 2.05) is 43.3 Å². The zero-order chi connectivity index (χ0) is 20.4. The summed E-state index contributed by atoms with van der Waals surface area (Å²) in [4.78, 5) is 12.5. The molecule has 0 aliphatic carbocycles. The second-order valence-electron chi connectivity index (χ2n) is 6.39. The lowest BCUT2D eigenvalue weighted by molar-refractivity contribution is -0.117. The van der Waals surface area contributed by atoms with Crippen LogP contribution in [-0.2, 0) is 4.79 Å². The summed E-state index contributed by atoms with van der Waals surface area (Å²) in [6.07, 6.45) is 3.56. The number of nitrogens with one attached hydrogen (secondary N) is 1. The molecule has 146 valence electrons. The van der Waals surface area contributed by atoms with Crippen LogP contribution in [0.1, 0.15) is 43.9 Å². The van der Waals surface area contributed by atoms with Crippen LogP contribution in [0.5, 0.6) is 11.5 Å². The molecule has 1 atom stereocenters. The van der Waals surface area contributed by atoms with E-state index in [0.29, 0.717) is 23.7 Å². The van der Waals surface area contributed by atoms with Crippen LogP contribution in [0.4, 0.5) is 0 Å². The van der Waals surface area contributed by atoms with Crippen LogP contribution in [0.15, 0.2) is 54.1 Å². The fourth-order valence-electron chi connectivity index (χ4n) is 2.63. The van der Waals surface area contributed by atoms with Crippen LogP contribution in [-0.4, -0.2) is 19.6 Å². The molecule has 28 heavy (non-hydrogen) atoms. The zero-order valence-corrected chi connectivity index (χ0v) is 16.6. The molecule has 2 aromatic carbocycles. The van der Waals surface area contributed by atoms with Crippen molar-refractivity contribution in [3.05, 3.63) is 65.2 Å². The van der Waals surface area contributed by atoms with E-state index in [4.69, 9.17) is 9.47 Å². The Bertz CT molecular complexity index is 854. The van der Waals surface area contributed by atoms with Crippen molar-refractivity contribution >= 4 is 12.0 Å². The monoisotopic (exact) mass is 378 g/mol. The average molecular weight is 378 g/mol. The molecule has 0 aliphatic heterocycles. The Hall–Kier alpha value is -3.26. The third-order valence-electron chi connectivity index (χ3n) is 4.27. The van der Waals surface area contributed by atoms with Gasteiger partial charge in [0, 0.05) is 0 Å². The minimum absolute atomic E-state index is 0.0319. The van der Waals surface area contributed by atoms with E-state index in [-0.39, 0.29) is 11.6 Å². The molecule has 1 N–H and O–H groups in total. The van der Waals surface area contributed by atoms with Crippen LogP contribution in [0.25, 0.3) is 6.08 Å². The van der Waals surface area contributed by atoms with Crippen molar-refractivity contribution in [2.75, 3.05) is 13.7 Å². The molecular weight excluding hydrogens is 352 g/mol. The molecule has 5 nitrogen and oxygen atoms in total. The van der Waals surface area contributed by atoms with E-state index >= 15 is 0 Å². The fraction of sp³-hybridized carbons (Fsp3) is 0.304. The standard InChI is InChI=1S/C23H26N2O3/c1-4-5-13-28-21-12-11-18(15-22(21)27-3)14-20(16-24)23(26)25-17(2)19-9-7-6-8-10-19/h6-12,14-15,17H,4-5,13H2,1-3H3,(H,25,26)/b20-14+/t17-/m1/s1. The maximum atomic E-state index is 12.5. The number of nitriles is 1. The minimum atomic E-state index is -0.416. The average Bonchev–Trinajstić information content (AvgIpc) is 2.73. The topological polar surface area (TPSA) is 71.3 Å². The van der Waals surface area contributed by atoms with Gasteiger partial charge in [0.1, 0.15) is 11.6 Å². The van der Waals surface area contributed by atoms with Gasteiger partial charge < -0.3 is 14.8 Å².